The molecule has 0 radical (unpaired) electrons. The van der Waals surface area contributed by atoms with Gasteiger partial charge in [-0.25, -0.2) is 0 Å². The SMILES string of the molecule is C=CC1=C(C)C2CC3[N-]C(C4=c5[n-]c(c(C)c5=C(O)[C@@H]4C(O)OC)Cc4[n-]c(c(C)c4CC)/C=C/1[N-]2)[C@@H](C)[C@@H]3C.[Mg+2]. The third kappa shape index (κ3) is 4.49. The zero-order valence-electron chi connectivity index (χ0n) is 25.3. The summed E-state index contributed by atoms with van der Waals surface area (Å²) in [5.41, 5.74) is 10.3. The number of aliphatic hydroxyl groups is 2. The first kappa shape index (κ1) is 30.2. The predicted molar refractivity (Wildman–Crippen MR) is 164 cm³/mol. The van der Waals surface area contributed by atoms with Crippen LogP contribution >= 0.6 is 0 Å². The molecule has 214 valence electrons. The van der Waals surface area contributed by atoms with Crippen LogP contribution in [0.3, 0.4) is 0 Å². The second-order valence-corrected chi connectivity index (χ2v) is 12.0. The molecule has 2 aromatic rings. The van der Waals surface area contributed by atoms with E-state index in [4.69, 9.17) is 25.3 Å². The van der Waals surface area contributed by atoms with E-state index in [1.165, 1.54) is 23.8 Å². The standard InChI is InChI=1S/C33H40N4O3.Mg/c1-9-19-16(5)22-11-21-14(3)15(4)30(36-21)28-29(33(39)40-8)32(38)27-18(7)24(37-31(27)28)13-26-20(10-2)17(6)23(35-26)12-25(19)34-22;/h9,12,14-15,21-22,29-30,33,38-39H,1,10-11,13H2,2-8H3;/q-4;+2/b25-12-;/t14-,15-,21?,22?,29+,30?,33?;/m0./s1. The van der Waals surface area contributed by atoms with Crippen LogP contribution in [0.1, 0.15) is 67.9 Å². The molecule has 41 heavy (non-hydrogen) atoms. The normalized spacial score (nSPS) is 30.7. The van der Waals surface area contributed by atoms with Crippen molar-refractivity contribution in [2.24, 2.45) is 17.8 Å². The molecular weight excluding hydrogens is 525 g/mol. The minimum Gasteiger partial charge on any atom is -0.678 e. The summed E-state index contributed by atoms with van der Waals surface area (Å²) in [4.78, 5) is 10.3. The van der Waals surface area contributed by atoms with Crippen LogP contribution in [0.2, 0.25) is 0 Å². The van der Waals surface area contributed by atoms with Crippen LogP contribution in [0.4, 0.5) is 0 Å². The molecule has 1 fully saturated rings. The molecule has 7 atom stereocenters. The van der Waals surface area contributed by atoms with Crippen LogP contribution in [-0.2, 0) is 17.6 Å². The van der Waals surface area contributed by atoms with Crippen molar-refractivity contribution in [1.82, 2.24) is 9.97 Å². The van der Waals surface area contributed by atoms with Gasteiger partial charge in [0.25, 0.3) is 0 Å². The van der Waals surface area contributed by atoms with Crippen molar-refractivity contribution in [2.45, 2.75) is 85.2 Å². The van der Waals surface area contributed by atoms with E-state index < -0.39 is 12.2 Å². The first-order valence-corrected chi connectivity index (χ1v) is 14.5. The smallest absolute Gasteiger partial charge is 0.678 e. The molecule has 6 rings (SSSR count). The molecule has 1 saturated heterocycles. The summed E-state index contributed by atoms with van der Waals surface area (Å²) in [7, 11) is 1.47. The Hall–Kier alpha value is -2.23. The van der Waals surface area contributed by atoms with E-state index in [0.717, 1.165) is 62.9 Å². The van der Waals surface area contributed by atoms with Crippen molar-refractivity contribution in [2.75, 3.05) is 7.11 Å². The van der Waals surface area contributed by atoms with Crippen molar-refractivity contribution >= 4 is 40.5 Å². The summed E-state index contributed by atoms with van der Waals surface area (Å²) in [5, 5.41) is 34.5. The maximum atomic E-state index is 11.5. The number of hydrogen-bond acceptors (Lipinski definition) is 3. The maximum Gasteiger partial charge on any atom is 2.00 e. The molecule has 0 saturated carbocycles. The monoisotopic (exact) mass is 564 g/mol. The Morgan fingerprint density at radius 2 is 1.85 bits per heavy atom. The zero-order valence-corrected chi connectivity index (χ0v) is 26.7. The molecule has 0 spiro atoms. The van der Waals surface area contributed by atoms with Crippen molar-refractivity contribution < 1.29 is 14.9 Å². The van der Waals surface area contributed by atoms with E-state index in [-0.39, 0.29) is 52.9 Å². The van der Waals surface area contributed by atoms with Crippen molar-refractivity contribution in [3.05, 3.63) is 84.5 Å². The Morgan fingerprint density at radius 1 is 1.12 bits per heavy atom. The number of allylic oxidation sites excluding steroid dienone is 1. The van der Waals surface area contributed by atoms with Crippen molar-refractivity contribution in [1.29, 1.82) is 0 Å². The van der Waals surface area contributed by atoms with Gasteiger partial charge in [0.05, 0.1) is 5.92 Å². The minimum atomic E-state index is -1.18. The summed E-state index contributed by atoms with van der Waals surface area (Å²) in [6, 6.07) is -0.0938. The fraction of sp³-hybridized carbons (Fsp3) is 0.515. The zero-order chi connectivity index (χ0) is 28.6. The summed E-state index contributed by atoms with van der Waals surface area (Å²) in [6.07, 6.45) is 5.11. The van der Waals surface area contributed by atoms with E-state index in [1.54, 1.807) is 0 Å². The summed E-state index contributed by atoms with van der Waals surface area (Å²) in [6.45, 7) is 17.1. The molecular formula is C33H40MgN4O3-2. The largest absolute Gasteiger partial charge is 2.00 e. The van der Waals surface area contributed by atoms with Gasteiger partial charge in [0.15, 0.2) is 6.29 Å². The second-order valence-electron chi connectivity index (χ2n) is 12.0. The molecule has 8 bridgehead atoms. The van der Waals surface area contributed by atoms with Crippen molar-refractivity contribution in [3.8, 4) is 0 Å². The molecule has 8 heteroatoms. The Balaban J connectivity index is 0.00000337. The van der Waals surface area contributed by atoms with E-state index in [9.17, 15) is 10.2 Å². The first-order chi connectivity index (χ1) is 19.1. The van der Waals surface area contributed by atoms with Crippen LogP contribution in [0.5, 0.6) is 0 Å². The number of fused-ring (bicyclic) bond motifs is 8. The quantitative estimate of drug-likeness (QED) is 0.434. The molecule has 4 unspecified atom stereocenters. The first-order valence-electron chi connectivity index (χ1n) is 14.5. The van der Waals surface area contributed by atoms with Crippen LogP contribution in [0, 0.1) is 31.6 Å². The summed E-state index contributed by atoms with van der Waals surface area (Å²) >= 11 is 0. The fourth-order valence-corrected chi connectivity index (χ4v) is 7.51. The summed E-state index contributed by atoms with van der Waals surface area (Å²) in [5.74, 6) is -0.0555. The maximum absolute atomic E-state index is 11.5. The average molecular weight is 565 g/mol. The van der Waals surface area contributed by atoms with Gasteiger partial charge >= 0.3 is 23.1 Å². The van der Waals surface area contributed by atoms with Crippen molar-refractivity contribution in [3.63, 3.8) is 0 Å². The van der Waals surface area contributed by atoms with Gasteiger partial charge in [-0.2, -0.15) is 11.4 Å². The topological polar surface area (TPSA) is 106 Å². The fourth-order valence-electron chi connectivity index (χ4n) is 7.51. The number of aliphatic hydroxyl groups excluding tert-OH is 2. The molecule has 4 aliphatic rings. The third-order valence-electron chi connectivity index (χ3n) is 10.1. The minimum absolute atomic E-state index is 0. The van der Waals surface area contributed by atoms with Gasteiger partial charge in [-0.1, -0.05) is 91.6 Å². The van der Waals surface area contributed by atoms with Crippen LogP contribution in [-0.4, -0.2) is 64.8 Å². The van der Waals surface area contributed by atoms with E-state index in [0.29, 0.717) is 12.3 Å². The van der Waals surface area contributed by atoms with E-state index in [2.05, 4.69) is 47.3 Å². The molecule has 2 N–H and O–H groups in total. The van der Waals surface area contributed by atoms with Gasteiger partial charge < -0.3 is 35.6 Å². The Labute approximate surface area is 259 Å². The number of methoxy groups -OCH3 is 1. The van der Waals surface area contributed by atoms with Gasteiger partial charge in [-0.15, -0.1) is 28.8 Å². The number of ether oxygens (including phenoxy) is 1. The molecule has 2 aromatic heterocycles. The Bertz CT molecular complexity index is 1580. The van der Waals surface area contributed by atoms with E-state index >= 15 is 0 Å². The predicted octanol–water partition coefficient (Wildman–Crippen LogP) is 3.80. The summed E-state index contributed by atoms with van der Waals surface area (Å²) < 4.78 is 5.38. The Kier molecular flexibility index (Phi) is 8.20. The molecule has 3 aliphatic heterocycles. The van der Waals surface area contributed by atoms with Gasteiger partial charge in [0, 0.05) is 7.11 Å². The molecule has 7 nitrogen and oxygen atoms in total. The van der Waals surface area contributed by atoms with Gasteiger partial charge in [0.2, 0.25) is 0 Å². The van der Waals surface area contributed by atoms with Crippen LogP contribution in [0.15, 0.2) is 29.5 Å². The van der Waals surface area contributed by atoms with Gasteiger partial charge in [-0.05, 0) is 44.4 Å². The number of hydrogen-bond donors (Lipinski definition) is 2. The molecule has 1 aliphatic carbocycles. The number of aromatic nitrogens is 2. The number of rotatable bonds is 4. The van der Waals surface area contributed by atoms with E-state index in [1.807, 2.05) is 13.0 Å². The van der Waals surface area contributed by atoms with Crippen LogP contribution < -0.4 is 20.5 Å². The second kappa shape index (κ2) is 11.1. The van der Waals surface area contributed by atoms with Gasteiger partial charge in [-0.3, -0.25) is 0 Å². The third-order valence-corrected chi connectivity index (χ3v) is 10.1. The van der Waals surface area contributed by atoms with Gasteiger partial charge in [0.1, 0.15) is 5.76 Å². The Morgan fingerprint density at radius 3 is 2.51 bits per heavy atom. The molecule has 0 amide bonds. The number of nitrogens with zero attached hydrogens (tertiary/aromatic N) is 4. The molecule has 0 aromatic carbocycles. The van der Waals surface area contributed by atoms with Crippen LogP contribution in [0.25, 0.3) is 28.0 Å². The molecule has 5 heterocycles. The average Bonchev–Trinajstić information content (AvgIpc) is 3.66.